The quantitative estimate of drug-likeness (QED) is 0.425. The average Bonchev–Trinajstić information content (AvgIpc) is 2.55. The molecule has 1 aromatic rings. The van der Waals surface area contributed by atoms with Gasteiger partial charge in [0.25, 0.3) is 0 Å². The van der Waals surface area contributed by atoms with Crippen LogP contribution in [0, 0.1) is 0 Å². The number of benzene rings is 1. The number of carbonyl (C=O) groups is 3. The second-order valence-corrected chi connectivity index (χ2v) is 5.33. The maximum absolute atomic E-state index is 12.2. The number of ether oxygens (including phenoxy) is 1. The van der Waals surface area contributed by atoms with Crippen LogP contribution in [0.4, 0.5) is 11.4 Å². The molecular formula is C17H25N3O4. The second-order valence-electron chi connectivity index (χ2n) is 5.33. The summed E-state index contributed by atoms with van der Waals surface area (Å²) in [6.07, 6.45) is 2.67. The van der Waals surface area contributed by atoms with Crippen molar-refractivity contribution in [2.24, 2.45) is 0 Å². The minimum Gasteiger partial charge on any atom is -0.399 e. The zero-order valence-electron chi connectivity index (χ0n) is 14.2. The first-order chi connectivity index (χ1) is 11.5. The van der Waals surface area contributed by atoms with Crippen LogP contribution < -0.4 is 16.0 Å². The van der Waals surface area contributed by atoms with Crippen LogP contribution in [0.15, 0.2) is 24.3 Å². The third kappa shape index (κ3) is 6.37. The van der Waals surface area contributed by atoms with Crippen LogP contribution in [0.25, 0.3) is 0 Å². The maximum Gasteiger partial charge on any atom is 0.323 e. The fourth-order valence-corrected chi connectivity index (χ4v) is 1.97. The molecule has 1 aromatic carbocycles. The number of hydrogen-bond acceptors (Lipinski definition) is 5. The lowest BCUT2D eigenvalue weighted by molar-refractivity contribution is -0.139. The molecule has 132 valence electrons. The SMILES string of the molecule is CCCCOCCCNC(=O)C(=O)N(C(C)=O)c1ccc(N)cc1. The lowest BCUT2D eigenvalue weighted by Gasteiger charge is -2.18. The first-order valence-corrected chi connectivity index (χ1v) is 8.03. The molecule has 1 rings (SSSR count). The number of nitrogens with two attached hydrogens (primary N) is 1. The summed E-state index contributed by atoms with van der Waals surface area (Å²) in [4.78, 5) is 36.7. The van der Waals surface area contributed by atoms with Gasteiger partial charge in [0.2, 0.25) is 5.91 Å². The Morgan fingerprint density at radius 3 is 2.33 bits per heavy atom. The molecule has 0 spiro atoms. The Morgan fingerprint density at radius 1 is 1.12 bits per heavy atom. The Labute approximate surface area is 142 Å². The van der Waals surface area contributed by atoms with Crippen LogP contribution >= 0.6 is 0 Å². The van der Waals surface area contributed by atoms with Crippen LogP contribution in [0.3, 0.4) is 0 Å². The molecule has 0 saturated heterocycles. The third-order valence-corrected chi connectivity index (χ3v) is 3.26. The van der Waals surface area contributed by atoms with Crippen molar-refractivity contribution in [2.75, 3.05) is 30.4 Å². The number of unbranched alkanes of at least 4 members (excludes halogenated alkanes) is 1. The van der Waals surface area contributed by atoms with Gasteiger partial charge in [-0.3, -0.25) is 14.4 Å². The summed E-state index contributed by atoms with van der Waals surface area (Å²) in [6.45, 7) is 4.83. The first-order valence-electron chi connectivity index (χ1n) is 8.03. The van der Waals surface area contributed by atoms with Crippen molar-refractivity contribution >= 4 is 29.1 Å². The molecule has 0 aliphatic carbocycles. The highest BCUT2D eigenvalue weighted by molar-refractivity contribution is 6.45. The van der Waals surface area contributed by atoms with Crippen LogP contribution in [-0.2, 0) is 19.1 Å². The summed E-state index contributed by atoms with van der Waals surface area (Å²) in [5, 5.41) is 2.50. The van der Waals surface area contributed by atoms with E-state index < -0.39 is 17.7 Å². The van der Waals surface area contributed by atoms with Gasteiger partial charge in [-0.25, -0.2) is 4.90 Å². The lowest BCUT2D eigenvalue weighted by Crippen LogP contribution is -2.45. The van der Waals surface area contributed by atoms with Crippen molar-refractivity contribution in [3.63, 3.8) is 0 Å². The number of nitrogens with zero attached hydrogens (tertiary/aromatic N) is 1. The Hall–Kier alpha value is -2.41. The number of hydrogen-bond donors (Lipinski definition) is 2. The predicted molar refractivity (Wildman–Crippen MR) is 92.4 cm³/mol. The summed E-state index contributed by atoms with van der Waals surface area (Å²) >= 11 is 0. The van der Waals surface area contributed by atoms with E-state index in [1.165, 1.54) is 19.1 Å². The van der Waals surface area contributed by atoms with Crippen LogP contribution in [0.5, 0.6) is 0 Å². The topological polar surface area (TPSA) is 102 Å². The second kappa shape index (κ2) is 10.4. The molecule has 0 aliphatic rings. The Balaban J connectivity index is 2.50. The normalized spacial score (nSPS) is 10.2. The van der Waals surface area contributed by atoms with Gasteiger partial charge in [-0.2, -0.15) is 0 Å². The molecule has 3 amide bonds. The van der Waals surface area contributed by atoms with Crippen LogP contribution in [0.1, 0.15) is 33.1 Å². The highest BCUT2D eigenvalue weighted by atomic mass is 16.5. The predicted octanol–water partition coefficient (Wildman–Crippen LogP) is 1.47. The molecule has 3 N–H and O–H groups in total. The fraction of sp³-hybridized carbons (Fsp3) is 0.471. The summed E-state index contributed by atoms with van der Waals surface area (Å²) in [6, 6.07) is 6.15. The van der Waals surface area contributed by atoms with Gasteiger partial charge < -0.3 is 15.8 Å². The number of nitrogen functional groups attached to an aromatic ring is 1. The Kier molecular flexibility index (Phi) is 8.49. The van der Waals surface area contributed by atoms with Gasteiger partial charge in [-0.15, -0.1) is 0 Å². The molecule has 0 atom stereocenters. The van der Waals surface area contributed by atoms with E-state index in [-0.39, 0.29) is 0 Å². The van der Waals surface area contributed by atoms with Crippen molar-refractivity contribution in [1.82, 2.24) is 5.32 Å². The number of nitrogens with one attached hydrogen (secondary N) is 1. The van der Waals surface area contributed by atoms with E-state index in [0.29, 0.717) is 37.6 Å². The number of anilines is 2. The van der Waals surface area contributed by atoms with Crippen molar-refractivity contribution in [2.45, 2.75) is 33.1 Å². The molecule has 24 heavy (non-hydrogen) atoms. The van der Waals surface area contributed by atoms with Gasteiger partial charge in [-0.1, -0.05) is 13.3 Å². The van der Waals surface area contributed by atoms with Gasteiger partial charge in [-0.05, 0) is 37.1 Å². The molecule has 0 aliphatic heterocycles. The molecule has 7 heteroatoms. The standard InChI is InChI=1S/C17H25N3O4/c1-3-4-11-24-12-5-10-19-16(22)17(23)20(13(2)21)15-8-6-14(18)7-9-15/h6-9H,3-5,10-12,18H2,1-2H3,(H,19,22). The zero-order valence-corrected chi connectivity index (χ0v) is 14.2. The first kappa shape index (κ1) is 19.6. The van der Waals surface area contributed by atoms with Crippen LogP contribution in [-0.4, -0.2) is 37.5 Å². The van der Waals surface area contributed by atoms with Gasteiger partial charge in [0, 0.05) is 32.4 Å². The fourth-order valence-electron chi connectivity index (χ4n) is 1.97. The van der Waals surface area contributed by atoms with E-state index in [1.54, 1.807) is 12.1 Å². The largest absolute Gasteiger partial charge is 0.399 e. The molecule has 0 aromatic heterocycles. The van der Waals surface area contributed by atoms with Gasteiger partial charge in [0.05, 0.1) is 5.69 Å². The molecule has 0 heterocycles. The van der Waals surface area contributed by atoms with E-state index in [0.717, 1.165) is 17.7 Å². The summed E-state index contributed by atoms with van der Waals surface area (Å²) in [5.74, 6) is -2.28. The van der Waals surface area contributed by atoms with E-state index in [1.807, 2.05) is 0 Å². The van der Waals surface area contributed by atoms with E-state index in [9.17, 15) is 14.4 Å². The highest BCUT2D eigenvalue weighted by Crippen LogP contribution is 2.16. The maximum atomic E-state index is 12.2. The minimum absolute atomic E-state index is 0.305. The summed E-state index contributed by atoms with van der Waals surface area (Å²) < 4.78 is 5.37. The van der Waals surface area contributed by atoms with E-state index >= 15 is 0 Å². The molecule has 0 radical (unpaired) electrons. The van der Waals surface area contributed by atoms with E-state index in [2.05, 4.69) is 12.2 Å². The monoisotopic (exact) mass is 335 g/mol. The Bertz CT molecular complexity index is 557. The van der Waals surface area contributed by atoms with Crippen molar-refractivity contribution < 1.29 is 19.1 Å². The molecule has 7 nitrogen and oxygen atoms in total. The van der Waals surface area contributed by atoms with Gasteiger partial charge >= 0.3 is 11.8 Å². The van der Waals surface area contributed by atoms with Crippen LogP contribution in [0.2, 0.25) is 0 Å². The molecule has 0 saturated carbocycles. The highest BCUT2D eigenvalue weighted by Gasteiger charge is 2.26. The average molecular weight is 335 g/mol. The summed E-state index contributed by atoms with van der Waals surface area (Å²) in [5.41, 5.74) is 6.39. The number of rotatable bonds is 8. The lowest BCUT2D eigenvalue weighted by atomic mass is 10.2. The molecule has 0 unspecified atom stereocenters. The minimum atomic E-state index is -0.917. The summed E-state index contributed by atoms with van der Waals surface area (Å²) in [7, 11) is 0. The van der Waals surface area contributed by atoms with Gasteiger partial charge in [0.15, 0.2) is 0 Å². The van der Waals surface area contributed by atoms with Gasteiger partial charge in [0.1, 0.15) is 0 Å². The Morgan fingerprint density at radius 2 is 1.75 bits per heavy atom. The molecule has 0 fully saturated rings. The van der Waals surface area contributed by atoms with Crippen molar-refractivity contribution in [3.05, 3.63) is 24.3 Å². The number of carbonyl (C=O) groups excluding carboxylic acids is 3. The molecule has 0 bridgehead atoms. The van der Waals surface area contributed by atoms with E-state index in [4.69, 9.17) is 10.5 Å². The third-order valence-electron chi connectivity index (χ3n) is 3.26. The number of amides is 3. The zero-order chi connectivity index (χ0) is 17.9. The molecular weight excluding hydrogens is 310 g/mol. The smallest absolute Gasteiger partial charge is 0.323 e. The van der Waals surface area contributed by atoms with Crippen molar-refractivity contribution in [1.29, 1.82) is 0 Å². The number of imide groups is 1. The van der Waals surface area contributed by atoms with Crippen molar-refractivity contribution in [3.8, 4) is 0 Å².